The van der Waals surface area contributed by atoms with Crippen LogP contribution in [-0.4, -0.2) is 15.2 Å². The van der Waals surface area contributed by atoms with E-state index in [4.69, 9.17) is 0 Å². The van der Waals surface area contributed by atoms with E-state index in [0.29, 0.717) is 11.5 Å². The summed E-state index contributed by atoms with van der Waals surface area (Å²) in [5, 5.41) is 0. The van der Waals surface area contributed by atoms with Crippen molar-refractivity contribution in [1.29, 1.82) is 0 Å². The van der Waals surface area contributed by atoms with E-state index in [-0.39, 0.29) is 23.4 Å². The fraction of sp³-hybridized carbons (Fsp3) is 0.391. The Hall–Kier alpha value is -2.49. The monoisotopic (exact) mass is 364 g/mol. The van der Waals surface area contributed by atoms with Crippen LogP contribution in [-0.2, 0) is 0 Å². The number of carbonyl (C=O) groups is 1. The largest absolute Gasteiger partial charge is 0.306 e. The molecule has 2 aliphatic rings. The first-order valence-electron chi connectivity index (χ1n) is 9.76. The minimum Gasteiger partial charge on any atom is -0.306 e. The number of Topliss-reactive ketones (excluding diaryl/α,β-unsaturated/α-hetero) is 1. The van der Waals surface area contributed by atoms with Crippen molar-refractivity contribution in [2.24, 2.45) is 11.8 Å². The molecule has 0 saturated heterocycles. The molecular weight excluding hydrogens is 339 g/mol. The number of pyridine rings is 1. The smallest absolute Gasteiger partial charge is 0.168 e. The van der Waals surface area contributed by atoms with E-state index in [1.54, 1.807) is 24.7 Å². The fourth-order valence-electron chi connectivity index (χ4n) is 4.46. The average Bonchev–Trinajstić information content (AvgIpc) is 3.41. The predicted molar refractivity (Wildman–Crippen MR) is 105 cm³/mol. The zero-order valence-corrected chi connectivity index (χ0v) is 15.5. The first-order chi connectivity index (χ1) is 13.1. The third-order valence-electron chi connectivity index (χ3n) is 6.04. The van der Waals surface area contributed by atoms with Gasteiger partial charge in [0.05, 0.1) is 18.0 Å². The van der Waals surface area contributed by atoms with Crippen LogP contribution in [0, 0.1) is 11.8 Å². The molecule has 0 radical (unpaired) electrons. The Morgan fingerprint density at radius 3 is 2.52 bits per heavy atom. The number of halogens is 1. The molecular formula is C23H25FN2O. The molecule has 0 unspecified atom stereocenters. The maximum atomic E-state index is 13.8. The van der Waals surface area contributed by atoms with Gasteiger partial charge in [-0.05, 0) is 67.6 Å². The summed E-state index contributed by atoms with van der Waals surface area (Å²) < 4.78 is 15.7. The molecule has 140 valence electrons. The lowest BCUT2D eigenvalue weighted by atomic mass is 9.75. The first-order valence-corrected chi connectivity index (χ1v) is 9.76. The lowest BCUT2D eigenvalue weighted by Crippen LogP contribution is -2.24. The number of nitrogens with zero attached hydrogens (tertiary/aromatic N) is 2. The molecule has 2 aromatic rings. The molecule has 0 atom stereocenters. The first kappa shape index (κ1) is 17.9. The number of rotatable bonds is 6. The molecule has 0 aliphatic heterocycles. The molecule has 2 saturated carbocycles. The minimum atomic E-state index is -0.385. The third-order valence-corrected chi connectivity index (χ3v) is 6.04. The summed E-state index contributed by atoms with van der Waals surface area (Å²) in [6.45, 7) is 7.13. The van der Waals surface area contributed by atoms with Gasteiger partial charge in [0.1, 0.15) is 5.83 Å². The van der Waals surface area contributed by atoms with Crippen LogP contribution in [0.3, 0.4) is 0 Å². The Labute approximate surface area is 159 Å². The Morgan fingerprint density at radius 2 is 1.89 bits per heavy atom. The summed E-state index contributed by atoms with van der Waals surface area (Å²) in [7, 11) is 0. The van der Waals surface area contributed by atoms with Gasteiger partial charge in [-0.3, -0.25) is 4.79 Å². The van der Waals surface area contributed by atoms with E-state index < -0.39 is 0 Å². The highest BCUT2D eigenvalue weighted by molar-refractivity contribution is 6.05. The highest BCUT2D eigenvalue weighted by Crippen LogP contribution is 2.44. The van der Waals surface area contributed by atoms with Gasteiger partial charge in [-0.2, -0.15) is 0 Å². The van der Waals surface area contributed by atoms with E-state index >= 15 is 0 Å². The Bertz CT molecular complexity index is 927. The van der Waals surface area contributed by atoms with E-state index in [2.05, 4.69) is 24.2 Å². The zero-order chi connectivity index (χ0) is 19.0. The van der Waals surface area contributed by atoms with E-state index in [1.807, 2.05) is 10.6 Å². The van der Waals surface area contributed by atoms with Crippen molar-refractivity contribution in [3.63, 3.8) is 0 Å². The van der Waals surface area contributed by atoms with Crippen molar-refractivity contribution >= 4 is 11.3 Å². The molecule has 0 bridgehead atoms. The summed E-state index contributed by atoms with van der Waals surface area (Å²) in [6, 6.07) is 2.09. The van der Waals surface area contributed by atoms with E-state index in [9.17, 15) is 9.18 Å². The van der Waals surface area contributed by atoms with Crippen LogP contribution < -0.4 is 0 Å². The number of hydrogen-bond donors (Lipinski definition) is 0. The van der Waals surface area contributed by atoms with Crippen LogP contribution >= 0.6 is 0 Å². The predicted octanol–water partition coefficient (Wildman–Crippen LogP) is 5.80. The summed E-state index contributed by atoms with van der Waals surface area (Å²) in [5.41, 5.74) is 3.58. The number of ketones is 1. The second-order valence-corrected chi connectivity index (χ2v) is 7.78. The standard InChI is InChI=1S/C23H25FN2O/c1-3-4-19(15(2)24)16-7-9-18(10-8-16)23(27)22-20(17-5-6-17)11-12-26-14-25-13-21(22)26/h3-4,11-14,16-18H,1-2,5-10H2/b19-4+. The molecule has 2 heterocycles. The van der Waals surface area contributed by atoms with Gasteiger partial charge in [0, 0.05) is 17.7 Å². The van der Waals surface area contributed by atoms with Crippen molar-refractivity contribution in [3.8, 4) is 0 Å². The summed E-state index contributed by atoms with van der Waals surface area (Å²) in [4.78, 5) is 17.7. The molecule has 3 nitrogen and oxygen atoms in total. The molecule has 0 N–H and O–H groups in total. The Morgan fingerprint density at radius 1 is 1.19 bits per heavy atom. The van der Waals surface area contributed by atoms with Gasteiger partial charge in [-0.25, -0.2) is 9.37 Å². The van der Waals surface area contributed by atoms with Crippen molar-refractivity contribution in [2.75, 3.05) is 0 Å². The van der Waals surface area contributed by atoms with Crippen LogP contribution in [0.1, 0.15) is 60.4 Å². The van der Waals surface area contributed by atoms with Crippen LogP contribution in [0.5, 0.6) is 0 Å². The van der Waals surface area contributed by atoms with Crippen LogP contribution in [0.4, 0.5) is 4.39 Å². The minimum absolute atomic E-state index is 0.00212. The topological polar surface area (TPSA) is 34.4 Å². The fourth-order valence-corrected chi connectivity index (χ4v) is 4.46. The molecule has 4 rings (SSSR count). The SMILES string of the molecule is C=C/C=C(\C(=C)F)C1CCC(C(=O)c2c(C3CC3)ccn3cncc23)CC1. The Kier molecular flexibility index (Phi) is 4.81. The second-order valence-electron chi connectivity index (χ2n) is 7.78. The molecule has 0 amide bonds. The van der Waals surface area contributed by atoms with Gasteiger partial charge >= 0.3 is 0 Å². The molecule has 2 aromatic heterocycles. The van der Waals surface area contributed by atoms with Gasteiger partial charge in [-0.1, -0.05) is 25.3 Å². The van der Waals surface area contributed by atoms with Crippen molar-refractivity contribution < 1.29 is 9.18 Å². The lowest BCUT2D eigenvalue weighted by molar-refractivity contribution is 0.0878. The van der Waals surface area contributed by atoms with Crippen molar-refractivity contribution in [1.82, 2.24) is 9.38 Å². The van der Waals surface area contributed by atoms with Crippen LogP contribution in [0.25, 0.3) is 5.52 Å². The van der Waals surface area contributed by atoms with Crippen LogP contribution in [0.2, 0.25) is 0 Å². The number of carbonyl (C=O) groups excluding carboxylic acids is 1. The van der Waals surface area contributed by atoms with Gasteiger partial charge in [0.25, 0.3) is 0 Å². The van der Waals surface area contributed by atoms with Gasteiger partial charge in [0.2, 0.25) is 0 Å². The molecule has 0 aromatic carbocycles. The number of allylic oxidation sites excluding steroid dienone is 4. The number of imidazole rings is 1. The quantitative estimate of drug-likeness (QED) is 0.480. The van der Waals surface area contributed by atoms with E-state index in [1.165, 1.54) is 5.56 Å². The molecule has 2 aliphatic carbocycles. The maximum Gasteiger partial charge on any atom is 0.168 e. The lowest BCUT2D eigenvalue weighted by Gasteiger charge is -2.29. The highest BCUT2D eigenvalue weighted by Gasteiger charge is 2.34. The molecule has 2 fully saturated rings. The van der Waals surface area contributed by atoms with Crippen LogP contribution in [0.15, 0.2) is 61.5 Å². The van der Waals surface area contributed by atoms with Crippen molar-refractivity contribution in [2.45, 2.75) is 44.4 Å². The maximum absolute atomic E-state index is 13.8. The third kappa shape index (κ3) is 3.41. The normalized spacial score (nSPS) is 23.4. The average molecular weight is 364 g/mol. The molecule has 27 heavy (non-hydrogen) atoms. The zero-order valence-electron chi connectivity index (χ0n) is 15.5. The van der Waals surface area contributed by atoms with Crippen molar-refractivity contribution in [3.05, 3.63) is 72.6 Å². The van der Waals surface area contributed by atoms with E-state index in [0.717, 1.165) is 49.6 Å². The summed E-state index contributed by atoms with van der Waals surface area (Å²) >= 11 is 0. The summed E-state index contributed by atoms with van der Waals surface area (Å²) in [6.07, 6.45) is 14.4. The van der Waals surface area contributed by atoms with Gasteiger partial charge < -0.3 is 4.40 Å². The van der Waals surface area contributed by atoms with Gasteiger partial charge in [0.15, 0.2) is 5.78 Å². The molecule has 4 heteroatoms. The molecule has 0 spiro atoms. The number of fused-ring (bicyclic) bond motifs is 1. The highest BCUT2D eigenvalue weighted by atomic mass is 19.1. The second kappa shape index (κ2) is 7.26. The number of aromatic nitrogens is 2. The summed E-state index contributed by atoms with van der Waals surface area (Å²) in [5.74, 6) is 0.479. The Balaban J connectivity index is 1.57. The van der Waals surface area contributed by atoms with Gasteiger partial charge in [-0.15, -0.1) is 0 Å². The number of hydrogen-bond acceptors (Lipinski definition) is 2.